The Hall–Kier alpha value is -1.86. The molecule has 1 aromatic carbocycles. The fourth-order valence-electron chi connectivity index (χ4n) is 1.03. The summed E-state index contributed by atoms with van der Waals surface area (Å²) in [5, 5.41) is 8.75. The summed E-state index contributed by atoms with van der Waals surface area (Å²) in [6.45, 7) is 0. The van der Waals surface area contributed by atoms with Crippen molar-refractivity contribution in [2.24, 2.45) is 5.73 Å². The van der Waals surface area contributed by atoms with Crippen molar-refractivity contribution in [3.8, 4) is 11.8 Å². The van der Waals surface area contributed by atoms with Gasteiger partial charge in [0.2, 0.25) is 0 Å². The van der Waals surface area contributed by atoms with Gasteiger partial charge in [-0.25, -0.2) is 0 Å². The molecule has 0 aliphatic heterocycles. The maximum absolute atomic E-state index is 8.75. The fraction of sp³-hybridized carbons (Fsp3) is 0.0909. The number of nitrogens with two attached hydrogens (primary N) is 1. The van der Waals surface area contributed by atoms with E-state index in [0.717, 1.165) is 11.3 Å². The van der Waals surface area contributed by atoms with Crippen molar-refractivity contribution in [3.05, 3.63) is 35.4 Å². The van der Waals surface area contributed by atoms with Gasteiger partial charge in [-0.05, 0) is 23.8 Å². The molecule has 0 saturated carbocycles. The first-order valence-electron chi connectivity index (χ1n) is 4.23. The van der Waals surface area contributed by atoms with Gasteiger partial charge in [0.25, 0.3) is 0 Å². The molecule has 0 atom stereocenters. The molecule has 1 rings (SSSR count). The quantitative estimate of drug-likeness (QED) is 0.478. The Kier molecular flexibility index (Phi) is 3.83. The van der Waals surface area contributed by atoms with E-state index in [9.17, 15) is 0 Å². The van der Waals surface area contributed by atoms with E-state index < -0.39 is 0 Å². The largest absolute Gasteiger partial charge is 0.497 e. The Morgan fingerprint density at radius 1 is 1.47 bits per heavy atom. The van der Waals surface area contributed by atoms with Crippen molar-refractivity contribution in [2.45, 2.75) is 0 Å². The number of rotatable bonds is 3. The lowest BCUT2D eigenvalue weighted by molar-refractivity contribution is 0.415. The van der Waals surface area contributed by atoms with Gasteiger partial charge in [-0.1, -0.05) is 24.4 Å². The van der Waals surface area contributed by atoms with Gasteiger partial charge in [0, 0.05) is 0 Å². The van der Waals surface area contributed by atoms with Crippen LogP contribution < -0.4 is 10.5 Å². The lowest BCUT2D eigenvalue weighted by atomic mass is 10.1. The highest BCUT2D eigenvalue weighted by Gasteiger charge is 1.99. The standard InChI is InChI=1S/C11H10N2OS/c1-14-10-4-2-8(3-5-10)6-9(7-12)11(13)15/h2-6H,1H3,(H2,13,15)/b9-6+. The molecular weight excluding hydrogens is 208 g/mol. The van der Waals surface area contributed by atoms with E-state index in [4.69, 9.17) is 28.0 Å². The maximum atomic E-state index is 8.75. The molecule has 0 heterocycles. The zero-order valence-corrected chi connectivity index (χ0v) is 9.04. The smallest absolute Gasteiger partial charge is 0.118 e. The van der Waals surface area contributed by atoms with Crippen molar-refractivity contribution < 1.29 is 4.74 Å². The van der Waals surface area contributed by atoms with E-state index in [1.165, 1.54) is 0 Å². The fourth-order valence-corrected chi connectivity index (χ4v) is 1.13. The zero-order chi connectivity index (χ0) is 11.3. The molecule has 0 fully saturated rings. The van der Waals surface area contributed by atoms with E-state index in [-0.39, 0.29) is 4.99 Å². The van der Waals surface area contributed by atoms with Crippen LogP contribution in [-0.4, -0.2) is 12.1 Å². The number of nitrogens with zero attached hydrogens (tertiary/aromatic N) is 1. The van der Waals surface area contributed by atoms with Gasteiger partial charge in [0.05, 0.1) is 12.7 Å². The minimum atomic E-state index is 0.105. The van der Waals surface area contributed by atoms with Crippen molar-refractivity contribution in [3.63, 3.8) is 0 Å². The molecule has 76 valence electrons. The molecule has 0 saturated heterocycles. The van der Waals surface area contributed by atoms with E-state index >= 15 is 0 Å². The molecule has 0 amide bonds. The first kappa shape index (κ1) is 11.2. The molecule has 3 nitrogen and oxygen atoms in total. The number of benzene rings is 1. The monoisotopic (exact) mass is 218 g/mol. The van der Waals surface area contributed by atoms with Crippen LogP contribution in [0.15, 0.2) is 29.8 Å². The van der Waals surface area contributed by atoms with Crippen LogP contribution in [0.4, 0.5) is 0 Å². The van der Waals surface area contributed by atoms with E-state index in [2.05, 4.69) is 0 Å². The van der Waals surface area contributed by atoms with Crippen molar-refractivity contribution in [2.75, 3.05) is 7.11 Å². The van der Waals surface area contributed by atoms with Crippen LogP contribution in [0, 0.1) is 11.3 Å². The van der Waals surface area contributed by atoms with E-state index in [1.807, 2.05) is 18.2 Å². The summed E-state index contributed by atoms with van der Waals surface area (Å²) in [4.78, 5) is 0.105. The van der Waals surface area contributed by atoms with Crippen LogP contribution in [0.2, 0.25) is 0 Å². The van der Waals surface area contributed by atoms with Gasteiger partial charge in [-0.2, -0.15) is 5.26 Å². The predicted octanol–water partition coefficient (Wildman–Crippen LogP) is 1.89. The summed E-state index contributed by atoms with van der Waals surface area (Å²) in [5.41, 5.74) is 6.53. The Morgan fingerprint density at radius 2 is 2.07 bits per heavy atom. The average molecular weight is 218 g/mol. The molecule has 2 N–H and O–H groups in total. The van der Waals surface area contributed by atoms with Crippen molar-refractivity contribution in [1.82, 2.24) is 0 Å². The molecule has 0 unspecified atom stereocenters. The van der Waals surface area contributed by atoms with Crippen LogP contribution in [0.25, 0.3) is 6.08 Å². The second kappa shape index (κ2) is 5.13. The number of nitriles is 1. The first-order chi connectivity index (χ1) is 7.17. The van der Waals surface area contributed by atoms with Crippen LogP contribution in [0.5, 0.6) is 5.75 Å². The third-order valence-electron chi connectivity index (χ3n) is 1.81. The van der Waals surface area contributed by atoms with Crippen molar-refractivity contribution in [1.29, 1.82) is 5.26 Å². The van der Waals surface area contributed by atoms with Gasteiger partial charge >= 0.3 is 0 Å². The normalized spacial score (nSPS) is 10.5. The second-order valence-electron chi connectivity index (χ2n) is 2.81. The maximum Gasteiger partial charge on any atom is 0.118 e. The minimum Gasteiger partial charge on any atom is -0.497 e. The zero-order valence-electron chi connectivity index (χ0n) is 8.23. The average Bonchev–Trinajstić information content (AvgIpc) is 2.26. The number of hydrogen-bond donors (Lipinski definition) is 1. The molecule has 0 spiro atoms. The molecule has 1 aromatic rings. The first-order valence-corrected chi connectivity index (χ1v) is 4.64. The van der Waals surface area contributed by atoms with Gasteiger partial charge in [-0.15, -0.1) is 0 Å². The summed E-state index contributed by atoms with van der Waals surface area (Å²) in [6, 6.07) is 9.21. The van der Waals surface area contributed by atoms with E-state index in [0.29, 0.717) is 5.57 Å². The number of ether oxygens (including phenoxy) is 1. The summed E-state index contributed by atoms with van der Waals surface area (Å²) in [5.74, 6) is 0.765. The Labute approximate surface area is 93.8 Å². The van der Waals surface area contributed by atoms with Gasteiger partial charge in [-0.3, -0.25) is 0 Å². The van der Waals surface area contributed by atoms with Crippen molar-refractivity contribution >= 4 is 23.3 Å². The summed E-state index contributed by atoms with van der Waals surface area (Å²) < 4.78 is 5.01. The highest BCUT2D eigenvalue weighted by molar-refractivity contribution is 7.80. The summed E-state index contributed by atoms with van der Waals surface area (Å²) in [6.07, 6.45) is 1.64. The Morgan fingerprint density at radius 3 is 2.47 bits per heavy atom. The third-order valence-corrected chi connectivity index (χ3v) is 2.03. The summed E-state index contributed by atoms with van der Waals surface area (Å²) >= 11 is 4.73. The van der Waals surface area contributed by atoms with E-state index in [1.54, 1.807) is 25.3 Å². The number of thiocarbonyl (C=S) groups is 1. The lowest BCUT2D eigenvalue weighted by Crippen LogP contribution is -2.09. The highest BCUT2D eigenvalue weighted by Crippen LogP contribution is 2.13. The molecule has 0 aliphatic rings. The molecule has 0 aromatic heterocycles. The highest BCUT2D eigenvalue weighted by atomic mass is 32.1. The number of methoxy groups -OCH3 is 1. The van der Waals surface area contributed by atoms with Crippen LogP contribution in [0.1, 0.15) is 5.56 Å². The molecule has 0 bridgehead atoms. The molecule has 0 radical (unpaired) electrons. The summed E-state index contributed by atoms with van der Waals surface area (Å²) in [7, 11) is 1.60. The Balaban J connectivity index is 2.98. The minimum absolute atomic E-state index is 0.105. The Bertz CT molecular complexity index is 429. The SMILES string of the molecule is COc1ccc(/C=C(\C#N)C(N)=S)cc1. The van der Waals surface area contributed by atoms with Crippen LogP contribution in [-0.2, 0) is 0 Å². The van der Waals surface area contributed by atoms with Gasteiger partial charge in [0.1, 0.15) is 16.8 Å². The second-order valence-corrected chi connectivity index (χ2v) is 3.25. The molecule has 0 aliphatic carbocycles. The number of hydrogen-bond acceptors (Lipinski definition) is 3. The van der Waals surface area contributed by atoms with Crippen LogP contribution >= 0.6 is 12.2 Å². The van der Waals surface area contributed by atoms with Gasteiger partial charge < -0.3 is 10.5 Å². The lowest BCUT2D eigenvalue weighted by Gasteiger charge is -2.00. The van der Waals surface area contributed by atoms with Gasteiger partial charge in [0.15, 0.2) is 0 Å². The molecule has 4 heteroatoms. The predicted molar refractivity (Wildman–Crippen MR) is 63.4 cm³/mol. The topological polar surface area (TPSA) is 59.0 Å². The van der Waals surface area contributed by atoms with Crippen LogP contribution in [0.3, 0.4) is 0 Å². The molecule has 15 heavy (non-hydrogen) atoms. The third kappa shape index (κ3) is 3.08. The molecular formula is C11H10N2OS.